The van der Waals surface area contributed by atoms with Crippen molar-refractivity contribution in [3.8, 4) is 0 Å². The molecule has 1 aromatic rings. The SMILES string of the molecule is C=CCNC(=O)c1cccc(S(=O)(=O)NCCN2CCCOC2=O)c1. The molecule has 136 valence electrons. The maximum absolute atomic E-state index is 12.4. The third kappa shape index (κ3) is 5.30. The Hall–Kier alpha value is -2.39. The van der Waals surface area contributed by atoms with E-state index in [4.69, 9.17) is 4.74 Å². The van der Waals surface area contributed by atoms with Crippen LogP contribution >= 0.6 is 0 Å². The monoisotopic (exact) mass is 367 g/mol. The maximum atomic E-state index is 12.4. The van der Waals surface area contributed by atoms with Gasteiger partial charge in [0.1, 0.15) is 0 Å². The van der Waals surface area contributed by atoms with Gasteiger partial charge < -0.3 is 15.0 Å². The van der Waals surface area contributed by atoms with Gasteiger partial charge in [-0.2, -0.15) is 0 Å². The summed E-state index contributed by atoms with van der Waals surface area (Å²) in [5, 5.41) is 2.59. The molecule has 1 heterocycles. The van der Waals surface area contributed by atoms with E-state index in [1.54, 1.807) is 0 Å². The van der Waals surface area contributed by atoms with Crippen molar-refractivity contribution in [2.45, 2.75) is 11.3 Å². The Bertz CT molecular complexity index is 748. The Balaban J connectivity index is 1.97. The highest BCUT2D eigenvalue weighted by molar-refractivity contribution is 7.89. The van der Waals surface area contributed by atoms with Crippen molar-refractivity contribution in [2.24, 2.45) is 0 Å². The van der Waals surface area contributed by atoms with E-state index >= 15 is 0 Å². The van der Waals surface area contributed by atoms with Gasteiger partial charge in [0, 0.05) is 31.7 Å². The van der Waals surface area contributed by atoms with E-state index in [9.17, 15) is 18.0 Å². The molecule has 0 aromatic heterocycles. The van der Waals surface area contributed by atoms with Crippen molar-refractivity contribution in [1.29, 1.82) is 0 Å². The highest BCUT2D eigenvalue weighted by Gasteiger charge is 2.21. The second-order valence-electron chi connectivity index (χ2n) is 5.38. The first-order valence-corrected chi connectivity index (χ1v) is 9.33. The standard InChI is InChI=1S/C16H21N3O5S/c1-2-7-17-15(20)13-5-3-6-14(12-13)25(22,23)18-8-10-19-9-4-11-24-16(19)21/h2-3,5-6,12,18H,1,4,7-11H2,(H,17,20). The predicted octanol–water partition coefficient (Wildman–Crippen LogP) is 0.723. The maximum Gasteiger partial charge on any atom is 0.409 e. The molecule has 0 aliphatic carbocycles. The van der Waals surface area contributed by atoms with Gasteiger partial charge in [-0.3, -0.25) is 4.79 Å². The van der Waals surface area contributed by atoms with E-state index in [2.05, 4.69) is 16.6 Å². The van der Waals surface area contributed by atoms with Crippen molar-refractivity contribution in [3.05, 3.63) is 42.5 Å². The molecule has 1 aliphatic heterocycles. The Morgan fingerprint density at radius 1 is 1.40 bits per heavy atom. The average molecular weight is 367 g/mol. The van der Waals surface area contributed by atoms with Crippen LogP contribution in [0, 0.1) is 0 Å². The molecule has 0 spiro atoms. The fourth-order valence-electron chi connectivity index (χ4n) is 2.27. The smallest absolute Gasteiger partial charge is 0.409 e. The van der Waals surface area contributed by atoms with Gasteiger partial charge in [0.15, 0.2) is 0 Å². The summed E-state index contributed by atoms with van der Waals surface area (Å²) in [4.78, 5) is 24.8. The molecular formula is C16H21N3O5S. The second kappa shape index (κ2) is 8.63. The van der Waals surface area contributed by atoms with Crippen LogP contribution in [-0.4, -0.2) is 58.1 Å². The number of amides is 2. The summed E-state index contributed by atoms with van der Waals surface area (Å²) in [6, 6.07) is 5.73. The summed E-state index contributed by atoms with van der Waals surface area (Å²) < 4.78 is 32.0. The molecule has 8 nitrogen and oxygen atoms in total. The van der Waals surface area contributed by atoms with Crippen LogP contribution in [0.15, 0.2) is 41.8 Å². The summed E-state index contributed by atoms with van der Waals surface area (Å²) in [7, 11) is -3.78. The van der Waals surface area contributed by atoms with Gasteiger partial charge in [-0.05, 0) is 24.6 Å². The minimum absolute atomic E-state index is 0.0139. The van der Waals surface area contributed by atoms with Crippen molar-refractivity contribution < 1.29 is 22.7 Å². The molecular weight excluding hydrogens is 346 g/mol. The lowest BCUT2D eigenvalue weighted by Crippen LogP contribution is -2.42. The quantitative estimate of drug-likeness (QED) is 0.659. The van der Waals surface area contributed by atoms with Crippen molar-refractivity contribution in [3.63, 3.8) is 0 Å². The molecule has 25 heavy (non-hydrogen) atoms. The highest BCUT2D eigenvalue weighted by Crippen LogP contribution is 2.12. The average Bonchev–Trinajstić information content (AvgIpc) is 2.61. The van der Waals surface area contributed by atoms with Crippen LogP contribution in [0.4, 0.5) is 4.79 Å². The first-order valence-electron chi connectivity index (χ1n) is 7.84. The van der Waals surface area contributed by atoms with Gasteiger partial charge in [0.2, 0.25) is 10.0 Å². The number of carbonyl (C=O) groups is 2. The summed E-state index contributed by atoms with van der Waals surface area (Å²) >= 11 is 0. The van der Waals surface area contributed by atoms with Crippen LogP contribution in [0.5, 0.6) is 0 Å². The fourth-order valence-corrected chi connectivity index (χ4v) is 3.34. The van der Waals surface area contributed by atoms with Crippen molar-refractivity contribution in [1.82, 2.24) is 14.9 Å². The first-order chi connectivity index (χ1) is 11.9. The molecule has 2 N–H and O–H groups in total. The van der Waals surface area contributed by atoms with Gasteiger partial charge >= 0.3 is 6.09 Å². The molecule has 1 aromatic carbocycles. The van der Waals surface area contributed by atoms with Crippen LogP contribution in [0.25, 0.3) is 0 Å². The second-order valence-corrected chi connectivity index (χ2v) is 7.15. The van der Waals surface area contributed by atoms with E-state index in [-0.39, 0.29) is 29.5 Å². The number of carbonyl (C=O) groups excluding carboxylic acids is 2. The van der Waals surface area contributed by atoms with Gasteiger partial charge in [-0.1, -0.05) is 12.1 Å². The first kappa shape index (κ1) is 18.9. The minimum atomic E-state index is -3.78. The van der Waals surface area contributed by atoms with E-state index in [0.717, 1.165) is 6.42 Å². The number of rotatable bonds is 8. The Morgan fingerprint density at radius 3 is 2.92 bits per heavy atom. The predicted molar refractivity (Wildman–Crippen MR) is 91.7 cm³/mol. The Morgan fingerprint density at radius 2 is 2.20 bits per heavy atom. The Kier molecular flexibility index (Phi) is 6.54. The molecule has 0 radical (unpaired) electrons. The van der Waals surface area contributed by atoms with Crippen LogP contribution < -0.4 is 10.0 Å². The molecule has 1 aliphatic rings. The highest BCUT2D eigenvalue weighted by atomic mass is 32.2. The molecule has 0 saturated carbocycles. The van der Waals surface area contributed by atoms with E-state index in [1.165, 1.54) is 35.2 Å². The number of ether oxygens (including phenoxy) is 1. The third-order valence-electron chi connectivity index (χ3n) is 3.54. The zero-order chi connectivity index (χ0) is 18.3. The van der Waals surface area contributed by atoms with Gasteiger partial charge in [0.25, 0.3) is 5.91 Å². The summed E-state index contributed by atoms with van der Waals surface area (Å²) in [6.07, 6.45) is 1.82. The number of nitrogens with zero attached hydrogens (tertiary/aromatic N) is 1. The zero-order valence-corrected chi connectivity index (χ0v) is 14.5. The van der Waals surface area contributed by atoms with Crippen LogP contribution in [0.1, 0.15) is 16.8 Å². The summed E-state index contributed by atoms with van der Waals surface area (Å²) in [6.45, 7) is 5.01. The molecule has 0 atom stereocenters. The van der Waals surface area contributed by atoms with E-state index in [1.807, 2.05) is 0 Å². The lowest BCUT2D eigenvalue weighted by atomic mass is 10.2. The molecule has 2 rings (SSSR count). The third-order valence-corrected chi connectivity index (χ3v) is 5.00. The number of sulfonamides is 1. The summed E-state index contributed by atoms with van der Waals surface area (Å²) in [5.74, 6) is -0.381. The van der Waals surface area contributed by atoms with Crippen molar-refractivity contribution in [2.75, 3.05) is 32.8 Å². The molecule has 2 amide bonds. The van der Waals surface area contributed by atoms with Crippen LogP contribution in [0.3, 0.4) is 0 Å². The summed E-state index contributed by atoms with van der Waals surface area (Å²) in [5.41, 5.74) is 0.240. The lowest BCUT2D eigenvalue weighted by Gasteiger charge is -2.26. The topological polar surface area (TPSA) is 105 Å². The number of hydrogen-bond acceptors (Lipinski definition) is 5. The molecule has 0 bridgehead atoms. The number of cyclic esters (lactones) is 1. The molecule has 9 heteroatoms. The van der Waals surface area contributed by atoms with Gasteiger partial charge in [0.05, 0.1) is 11.5 Å². The fraction of sp³-hybridized carbons (Fsp3) is 0.375. The Labute approximate surface area is 146 Å². The molecule has 0 unspecified atom stereocenters. The van der Waals surface area contributed by atoms with E-state index in [0.29, 0.717) is 19.7 Å². The normalized spacial score (nSPS) is 14.7. The number of nitrogens with one attached hydrogen (secondary N) is 2. The molecule has 1 saturated heterocycles. The largest absolute Gasteiger partial charge is 0.449 e. The van der Waals surface area contributed by atoms with Gasteiger partial charge in [-0.15, -0.1) is 6.58 Å². The molecule has 1 fully saturated rings. The van der Waals surface area contributed by atoms with Crippen LogP contribution in [0.2, 0.25) is 0 Å². The van der Waals surface area contributed by atoms with Crippen molar-refractivity contribution >= 4 is 22.0 Å². The number of hydrogen-bond donors (Lipinski definition) is 2. The number of benzene rings is 1. The van der Waals surface area contributed by atoms with E-state index < -0.39 is 16.1 Å². The zero-order valence-electron chi connectivity index (χ0n) is 13.7. The van der Waals surface area contributed by atoms with Crippen LogP contribution in [-0.2, 0) is 14.8 Å². The minimum Gasteiger partial charge on any atom is -0.449 e. The van der Waals surface area contributed by atoms with Gasteiger partial charge in [-0.25, -0.2) is 17.9 Å². The lowest BCUT2D eigenvalue weighted by molar-refractivity contribution is 0.0738.